The van der Waals surface area contributed by atoms with E-state index in [1.54, 1.807) is 12.4 Å². The van der Waals surface area contributed by atoms with Crippen LogP contribution in [-0.2, 0) is 6.42 Å². The van der Waals surface area contributed by atoms with E-state index in [0.29, 0.717) is 11.7 Å². The van der Waals surface area contributed by atoms with E-state index in [-0.39, 0.29) is 0 Å². The molecule has 0 aliphatic heterocycles. The first-order valence-electron chi connectivity index (χ1n) is 7.52. The SMILES string of the molecule is Cc1ccc(CC(C)Nc2ccc3nccnc3n2)c(C)c1. The molecule has 0 radical (unpaired) electrons. The van der Waals surface area contributed by atoms with Crippen molar-refractivity contribution in [2.75, 3.05) is 5.32 Å². The van der Waals surface area contributed by atoms with Crippen LogP contribution >= 0.6 is 0 Å². The molecule has 1 unspecified atom stereocenters. The molecule has 0 aliphatic carbocycles. The summed E-state index contributed by atoms with van der Waals surface area (Å²) in [5.74, 6) is 0.838. The molecule has 1 N–H and O–H groups in total. The van der Waals surface area contributed by atoms with Crippen molar-refractivity contribution < 1.29 is 0 Å². The highest BCUT2D eigenvalue weighted by Gasteiger charge is 2.08. The minimum absolute atomic E-state index is 0.294. The summed E-state index contributed by atoms with van der Waals surface area (Å²) in [4.78, 5) is 13.0. The molecule has 0 aliphatic rings. The van der Waals surface area contributed by atoms with Gasteiger partial charge in [0, 0.05) is 18.4 Å². The van der Waals surface area contributed by atoms with Crippen LogP contribution in [0.15, 0.2) is 42.7 Å². The number of benzene rings is 1. The van der Waals surface area contributed by atoms with Crippen molar-refractivity contribution in [3.8, 4) is 0 Å². The summed E-state index contributed by atoms with van der Waals surface area (Å²) in [5.41, 5.74) is 5.50. The van der Waals surface area contributed by atoms with Crippen molar-refractivity contribution in [3.05, 3.63) is 59.4 Å². The number of fused-ring (bicyclic) bond motifs is 1. The van der Waals surface area contributed by atoms with E-state index >= 15 is 0 Å². The first kappa shape index (κ1) is 14.4. The van der Waals surface area contributed by atoms with Crippen LogP contribution < -0.4 is 5.32 Å². The summed E-state index contributed by atoms with van der Waals surface area (Å²) in [7, 11) is 0. The Labute approximate surface area is 130 Å². The Balaban J connectivity index is 1.73. The fourth-order valence-electron chi connectivity index (χ4n) is 2.64. The first-order valence-corrected chi connectivity index (χ1v) is 7.52. The minimum Gasteiger partial charge on any atom is -0.367 e. The summed E-state index contributed by atoms with van der Waals surface area (Å²) in [6.45, 7) is 6.46. The Morgan fingerprint density at radius 2 is 1.86 bits per heavy atom. The monoisotopic (exact) mass is 292 g/mol. The fourth-order valence-corrected chi connectivity index (χ4v) is 2.64. The third-order valence-corrected chi connectivity index (χ3v) is 3.75. The summed E-state index contributed by atoms with van der Waals surface area (Å²) in [6.07, 6.45) is 4.31. The molecule has 2 aromatic heterocycles. The molecule has 4 heteroatoms. The van der Waals surface area contributed by atoms with Gasteiger partial charge in [0.1, 0.15) is 11.3 Å². The lowest BCUT2D eigenvalue weighted by molar-refractivity contribution is 0.781. The van der Waals surface area contributed by atoms with Crippen molar-refractivity contribution >= 4 is 17.0 Å². The maximum atomic E-state index is 4.51. The Morgan fingerprint density at radius 1 is 1.05 bits per heavy atom. The zero-order valence-corrected chi connectivity index (χ0v) is 13.2. The number of pyridine rings is 1. The largest absolute Gasteiger partial charge is 0.367 e. The molecule has 0 amide bonds. The molecule has 0 saturated heterocycles. The Bertz CT molecular complexity index is 798. The third-order valence-electron chi connectivity index (χ3n) is 3.75. The molecule has 0 bridgehead atoms. The van der Waals surface area contributed by atoms with Gasteiger partial charge in [0.25, 0.3) is 0 Å². The maximum absolute atomic E-state index is 4.51. The van der Waals surface area contributed by atoms with Crippen LogP contribution in [0.3, 0.4) is 0 Å². The quantitative estimate of drug-likeness (QED) is 0.797. The number of nitrogens with zero attached hydrogens (tertiary/aromatic N) is 3. The number of hydrogen-bond acceptors (Lipinski definition) is 4. The highest BCUT2D eigenvalue weighted by atomic mass is 15.0. The molecule has 4 nitrogen and oxygen atoms in total. The van der Waals surface area contributed by atoms with Crippen molar-refractivity contribution in [3.63, 3.8) is 0 Å². The predicted molar refractivity (Wildman–Crippen MR) is 90.0 cm³/mol. The van der Waals surface area contributed by atoms with E-state index < -0.39 is 0 Å². The second kappa shape index (κ2) is 6.10. The first-order chi connectivity index (χ1) is 10.6. The van der Waals surface area contributed by atoms with E-state index in [0.717, 1.165) is 17.8 Å². The molecule has 3 rings (SSSR count). The highest BCUT2D eigenvalue weighted by molar-refractivity contribution is 5.71. The molecule has 112 valence electrons. The van der Waals surface area contributed by atoms with Crippen LogP contribution in [0.5, 0.6) is 0 Å². The van der Waals surface area contributed by atoms with E-state index in [9.17, 15) is 0 Å². The van der Waals surface area contributed by atoms with Gasteiger partial charge in [-0.1, -0.05) is 23.8 Å². The van der Waals surface area contributed by atoms with Gasteiger partial charge in [0.2, 0.25) is 0 Å². The minimum atomic E-state index is 0.294. The standard InChI is InChI=1S/C18H20N4/c1-12-4-5-15(13(2)10-12)11-14(3)21-17-7-6-16-18(22-17)20-9-8-19-16/h4-10,14H,11H2,1-3H3,(H,20,21,22). The highest BCUT2D eigenvalue weighted by Crippen LogP contribution is 2.16. The lowest BCUT2D eigenvalue weighted by Crippen LogP contribution is -2.19. The molecule has 1 aromatic carbocycles. The number of nitrogens with one attached hydrogen (secondary N) is 1. The van der Waals surface area contributed by atoms with Crippen molar-refractivity contribution in [2.45, 2.75) is 33.2 Å². The van der Waals surface area contributed by atoms with E-state index in [1.165, 1.54) is 16.7 Å². The van der Waals surface area contributed by atoms with Gasteiger partial charge in [-0.05, 0) is 50.5 Å². The molecular weight excluding hydrogens is 272 g/mol. The van der Waals surface area contributed by atoms with Gasteiger partial charge in [0.15, 0.2) is 5.65 Å². The lowest BCUT2D eigenvalue weighted by Gasteiger charge is -2.16. The predicted octanol–water partition coefficient (Wildman–Crippen LogP) is 3.68. The number of rotatable bonds is 4. The van der Waals surface area contributed by atoms with E-state index in [1.807, 2.05) is 12.1 Å². The molecule has 2 heterocycles. The van der Waals surface area contributed by atoms with Gasteiger partial charge in [-0.25, -0.2) is 9.97 Å². The average molecular weight is 292 g/mol. The summed E-state index contributed by atoms with van der Waals surface area (Å²) >= 11 is 0. The third kappa shape index (κ3) is 3.22. The summed E-state index contributed by atoms with van der Waals surface area (Å²) < 4.78 is 0. The van der Waals surface area contributed by atoms with Crippen LogP contribution in [0.4, 0.5) is 5.82 Å². The smallest absolute Gasteiger partial charge is 0.180 e. The molecule has 1 atom stereocenters. The van der Waals surface area contributed by atoms with Gasteiger partial charge in [-0.15, -0.1) is 0 Å². The maximum Gasteiger partial charge on any atom is 0.180 e. The Morgan fingerprint density at radius 3 is 2.68 bits per heavy atom. The average Bonchev–Trinajstić information content (AvgIpc) is 2.50. The van der Waals surface area contributed by atoms with Crippen LogP contribution in [0.2, 0.25) is 0 Å². The summed E-state index contributed by atoms with van der Waals surface area (Å²) in [6, 6.07) is 10.8. The van der Waals surface area contributed by atoms with Gasteiger partial charge in [0.05, 0.1) is 0 Å². The number of anilines is 1. The molecular formula is C18H20N4. The van der Waals surface area contributed by atoms with Crippen molar-refractivity contribution in [2.24, 2.45) is 0 Å². The molecule has 0 fully saturated rings. The normalized spacial score (nSPS) is 12.3. The van der Waals surface area contributed by atoms with Crippen LogP contribution in [0, 0.1) is 13.8 Å². The van der Waals surface area contributed by atoms with Gasteiger partial charge in [-0.2, -0.15) is 0 Å². The molecule has 3 aromatic rings. The fraction of sp³-hybridized carbons (Fsp3) is 0.278. The zero-order valence-electron chi connectivity index (χ0n) is 13.2. The van der Waals surface area contributed by atoms with E-state index in [4.69, 9.17) is 0 Å². The van der Waals surface area contributed by atoms with Crippen LogP contribution in [-0.4, -0.2) is 21.0 Å². The molecule has 0 saturated carbocycles. The van der Waals surface area contributed by atoms with Crippen LogP contribution in [0.25, 0.3) is 11.2 Å². The number of aromatic nitrogens is 3. The van der Waals surface area contributed by atoms with Crippen molar-refractivity contribution in [1.29, 1.82) is 0 Å². The van der Waals surface area contributed by atoms with E-state index in [2.05, 4.69) is 59.2 Å². The topological polar surface area (TPSA) is 50.7 Å². The van der Waals surface area contributed by atoms with Gasteiger partial charge >= 0.3 is 0 Å². The van der Waals surface area contributed by atoms with Gasteiger partial charge in [-0.3, -0.25) is 4.98 Å². The Kier molecular flexibility index (Phi) is 4.00. The van der Waals surface area contributed by atoms with Gasteiger partial charge < -0.3 is 5.32 Å². The number of aryl methyl sites for hydroxylation is 2. The summed E-state index contributed by atoms with van der Waals surface area (Å²) in [5, 5.41) is 3.45. The van der Waals surface area contributed by atoms with Crippen LogP contribution in [0.1, 0.15) is 23.6 Å². The number of hydrogen-bond donors (Lipinski definition) is 1. The lowest BCUT2D eigenvalue weighted by atomic mass is 10.00. The van der Waals surface area contributed by atoms with Crippen molar-refractivity contribution in [1.82, 2.24) is 15.0 Å². The molecule has 0 spiro atoms. The second-order valence-corrected chi connectivity index (χ2v) is 5.78. The second-order valence-electron chi connectivity index (χ2n) is 5.78. The molecule has 22 heavy (non-hydrogen) atoms. The Hall–Kier alpha value is -2.49. The zero-order chi connectivity index (χ0) is 15.5.